The summed E-state index contributed by atoms with van der Waals surface area (Å²) in [6.07, 6.45) is 7.55. The van der Waals surface area contributed by atoms with Crippen LogP contribution in [0.25, 0.3) is 11.1 Å². The van der Waals surface area contributed by atoms with Gasteiger partial charge in [-0.25, -0.2) is 4.79 Å². The van der Waals surface area contributed by atoms with E-state index in [0.717, 1.165) is 63.0 Å². The zero-order chi connectivity index (χ0) is 27.9. The number of carbonyl (C=O) groups excluding carboxylic acids is 1. The van der Waals surface area contributed by atoms with Crippen LogP contribution in [0.3, 0.4) is 0 Å². The summed E-state index contributed by atoms with van der Waals surface area (Å²) >= 11 is 12.8. The molecule has 3 aliphatic heterocycles. The Morgan fingerprint density at radius 1 is 0.775 bits per heavy atom. The molecule has 8 heteroatoms. The Labute approximate surface area is 250 Å². The van der Waals surface area contributed by atoms with Gasteiger partial charge in [0.1, 0.15) is 0 Å². The van der Waals surface area contributed by atoms with Crippen molar-refractivity contribution in [2.45, 2.75) is 51.6 Å². The first-order valence-corrected chi connectivity index (χ1v) is 15.9. The van der Waals surface area contributed by atoms with Crippen molar-refractivity contribution >= 4 is 29.2 Å². The van der Waals surface area contributed by atoms with Gasteiger partial charge in [-0.3, -0.25) is 9.80 Å². The quantitative estimate of drug-likeness (QED) is 0.355. The molecule has 0 atom stereocenters. The summed E-state index contributed by atoms with van der Waals surface area (Å²) in [5, 5.41) is 10.5. The van der Waals surface area contributed by atoms with Crippen LogP contribution in [0.4, 0.5) is 4.79 Å². The second kappa shape index (κ2) is 14.4. The zero-order valence-electron chi connectivity index (χ0n) is 23.9. The van der Waals surface area contributed by atoms with E-state index >= 15 is 0 Å². The minimum atomic E-state index is -0.0941. The maximum atomic E-state index is 11.6. The molecule has 3 N–H and O–H groups in total. The Bertz CT molecular complexity index is 1100. The van der Waals surface area contributed by atoms with Gasteiger partial charge < -0.3 is 16.0 Å². The molecule has 0 radical (unpaired) electrons. The number of carbonyl (C=O) groups is 1. The van der Waals surface area contributed by atoms with Gasteiger partial charge in [0.2, 0.25) is 0 Å². The molecule has 3 fully saturated rings. The number of amides is 2. The van der Waals surface area contributed by atoms with Crippen LogP contribution in [0, 0.1) is 17.8 Å². The fourth-order valence-corrected chi connectivity index (χ4v) is 7.45. The van der Waals surface area contributed by atoms with Gasteiger partial charge in [-0.2, -0.15) is 0 Å². The van der Waals surface area contributed by atoms with Crippen LogP contribution in [0.15, 0.2) is 36.4 Å². The van der Waals surface area contributed by atoms with Crippen molar-refractivity contribution < 1.29 is 4.79 Å². The summed E-state index contributed by atoms with van der Waals surface area (Å²) in [6, 6.07) is 12.8. The number of urea groups is 1. The highest BCUT2D eigenvalue weighted by Crippen LogP contribution is 2.33. The predicted octanol–water partition coefficient (Wildman–Crippen LogP) is 6.01. The third-order valence-corrected chi connectivity index (χ3v) is 9.67. The van der Waals surface area contributed by atoms with E-state index in [1.807, 2.05) is 12.1 Å². The average Bonchev–Trinajstić information content (AvgIpc) is 2.97. The molecule has 0 aromatic heterocycles. The Morgan fingerprint density at radius 3 is 1.88 bits per heavy atom. The van der Waals surface area contributed by atoms with Crippen molar-refractivity contribution in [3.05, 3.63) is 57.6 Å². The second-order valence-corrected chi connectivity index (χ2v) is 12.9. The first-order chi connectivity index (χ1) is 19.4. The number of halogens is 2. The zero-order valence-corrected chi connectivity index (χ0v) is 25.4. The largest absolute Gasteiger partial charge is 0.341 e. The molecule has 0 aliphatic carbocycles. The Balaban J connectivity index is 1.25. The number of hydrogen-bond acceptors (Lipinski definition) is 4. The van der Waals surface area contributed by atoms with E-state index in [1.54, 1.807) is 13.1 Å². The standard InChI is InChI=1S/C32H45Cl2N5O/c1-35-32(40)37-20-23-4-10-38(11-5-23)21-24-14-25(16-28(15-24)29-17-30(33)19-31(34)18-29)22-39-12-6-27(7-13-39)26-2-8-36-9-3-26/h14-19,23,26-27,36H,2-13,20-22H2,1H3,(H2,35,37,40). The number of benzene rings is 2. The lowest BCUT2D eigenvalue weighted by Crippen LogP contribution is -2.40. The molecule has 3 aliphatic rings. The fraction of sp³-hybridized carbons (Fsp3) is 0.594. The van der Waals surface area contributed by atoms with Crippen LogP contribution in [0.2, 0.25) is 10.0 Å². The summed E-state index contributed by atoms with van der Waals surface area (Å²) in [6.45, 7) is 9.53. The second-order valence-electron chi connectivity index (χ2n) is 12.1. The molecule has 2 aromatic rings. The highest BCUT2D eigenvalue weighted by atomic mass is 35.5. The molecule has 0 saturated carbocycles. The molecule has 3 heterocycles. The molecule has 0 bridgehead atoms. The Kier molecular flexibility index (Phi) is 10.7. The Morgan fingerprint density at radius 2 is 1.30 bits per heavy atom. The third kappa shape index (κ3) is 8.36. The molecule has 0 unspecified atom stereocenters. The first-order valence-electron chi connectivity index (χ1n) is 15.2. The first kappa shape index (κ1) is 29.7. The number of nitrogens with zero attached hydrogens (tertiary/aromatic N) is 2. The van der Waals surface area contributed by atoms with Gasteiger partial charge in [-0.15, -0.1) is 0 Å². The van der Waals surface area contributed by atoms with Crippen LogP contribution in [-0.2, 0) is 13.1 Å². The predicted molar refractivity (Wildman–Crippen MR) is 166 cm³/mol. The van der Waals surface area contributed by atoms with Crippen molar-refractivity contribution in [2.75, 3.05) is 52.9 Å². The molecule has 3 saturated heterocycles. The maximum absolute atomic E-state index is 11.6. The smallest absolute Gasteiger partial charge is 0.314 e. The molecular weight excluding hydrogens is 541 g/mol. The molecule has 2 aromatic carbocycles. The van der Waals surface area contributed by atoms with Crippen molar-refractivity contribution in [1.82, 2.24) is 25.8 Å². The van der Waals surface area contributed by atoms with Crippen LogP contribution >= 0.6 is 23.2 Å². The van der Waals surface area contributed by atoms with Crippen molar-refractivity contribution in [3.8, 4) is 11.1 Å². The summed E-state index contributed by atoms with van der Waals surface area (Å²) in [5.74, 6) is 2.34. The van der Waals surface area contributed by atoms with E-state index in [0.29, 0.717) is 16.0 Å². The fourth-order valence-electron chi connectivity index (χ4n) is 6.92. The van der Waals surface area contributed by atoms with E-state index in [4.69, 9.17) is 23.2 Å². The molecule has 5 rings (SSSR count). The molecule has 6 nitrogen and oxygen atoms in total. The van der Waals surface area contributed by atoms with Crippen LogP contribution in [-0.4, -0.2) is 68.7 Å². The highest BCUT2D eigenvalue weighted by molar-refractivity contribution is 6.35. The van der Waals surface area contributed by atoms with Gasteiger partial charge >= 0.3 is 6.03 Å². The minimum absolute atomic E-state index is 0.0941. The topological polar surface area (TPSA) is 59.6 Å². The van der Waals surface area contributed by atoms with E-state index in [9.17, 15) is 4.79 Å². The van der Waals surface area contributed by atoms with E-state index in [1.165, 1.54) is 68.6 Å². The van der Waals surface area contributed by atoms with Crippen molar-refractivity contribution in [2.24, 2.45) is 17.8 Å². The van der Waals surface area contributed by atoms with Crippen LogP contribution in [0.1, 0.15) is 49.7 Å². The van der Waals surface area contributed by atoms with Crippen LogP contribution < -0.4 is 16.0 Å². The lowest BCUT2D eigenvalue weighted by atomic mass is 9.79. The number of nitrogens with one attached hydrogen (secondary N) is 3. The van der Waals surface area contributed by atoms with Gasteiger partial charge in [0.15, 0.2) is 0 Å². The van der Waals surface area contributed by atoms with Gasteiger partial charge in [0.05, 0.1) is 0 Å². The summed E-state index contributed by atoms with van der Waals surface area (Å²) in [7, 11) is 1.66. The molecular formula is C32H45Cl2N5O. The minimum Gasteiger partial charge on any atom is -0.341 e. The maximum Gasteiger partial charge on any atom is 0.314 e. The summed E-state index contributed by atoms with van der Waals surface area (Å²) in [4.78, 5) is 16.8. The van der Waals surface area contributed by atoms with E-state index in [2.05, 4.69) is 43.9 Å². The normalized spacial score (nSPS) is 20.5. The summed E-state index contributed by atoms with van der Waals surface area (Å²) < 4.78 is 0. The van der Waals surface area contributed by atoms with Gasteiger partial charge in [-0.1, -0.05) is 29.3 Å². The van der Waals surface area contributed by atoms with Crippen LogP contribution in [0.5, 0.6) is 0 Å². The van der Waals surface area contributed by atoms with Gasteiger partial charge in [0.25, 0.3) is 0 Å². The number of rotatable bonds is 8. The third-order valence-electron chi connectivity index (χ3n) is 9.23. The molecule has 0 spiro atoms. The average molecular weight is 587 g/mol. The molecule has 40 heavy (non-hydrogen) atoms. The number of piperidine rings is 3. The van der Waals surface area contributed by atoms with Crippen molar-refractivity contribution in [3.63, 3.8) is 0 Å². The van der Waals surface area contributed by atoms with E-state index < -0.39 is 0 Å². The lowest BCUT2D eigenvalue weighted by molar-refractivity contribution is 0.126. The van der Waals surface area contributed by atoms with E-state index in [-0.39, 0.29) is 6.03 Å². The van der Waals surface area contributed by atoms with Gasteiger partial charge in [-0.05, 0) is 148 Å². The molecule has 218 valence electrons. The lowest BCUT2D eigenvalue weighted by Gasteiger charge is -2.38. The molecule has 2 amide bonds. The SMILES string of the molecule is CNC(=O)NCC1CCN(Cc2cc(CN3CCC(C4CCNCC4)CC3)cc(-c3cc(Cl)cc(Cl)c3)c2)CC1. The van der Waals surface area contributed by atoms with Crippen molar-refractivity contribution in [1.29, 1.82) is 0 Å². The Hall–Kier alpha value is -1.83. The number of hydrogen-bond donors (Lipinski definition) is 3. The van der Waals surface area contributed by atoms with Gasteiger partial charge in [0, 0.05) is 36.7 Å². The summed E-state index contributed by atoms with van der Waals surface area (Å²) in [5.41, 5.74) is 4.97. The monoisotopic (exact) mass is 585 g/mol. The highest BCUT2D eigenvalue weighted by Gasteiger charge is 2.28. The number of likely N-dealkylation sites (tertiary alicyclic amines) is 2.